The Hall–Kier alpha value is -1.62. The van der Waals surface area contributed by atoms with Crippen LogP contribution in [0.4, 0.5) is 5.69 Å². The van der Waals surface area contributed by atoms with Crippen molar-refractivity contribution in [2.24, 2.45) is 5.73 Å². The second kappa shape index (κ2) is 6.96. The van der Waals surface area contributed by atoms with Crippen molar-refractivity contribution in [1.29, 1.82) is 0 Å². The minimum absolute atomic E-state index is 0.0172. The van der Waals surface area contributed by atoms with Crippen molar-refractivity contribution in [2.45, 2.75) is 39.2 Å². The lowest BCUT2D eigenvalue weighted by molar-refractivity contribution is -0.385. The maximum absolute atomic E-state index is 11.0. The number of nitrogens with zero attached hydrogens (tertiary/aromatic N) is 1. The van der Waals surface area contributed by atoms with E-state index in [1.807, 2.05) is 19.9 Å². The predicted molar refractivity (Wildman–Crippen MR) is 70.9 cm³/mol. The molecule has 0 spiro atoms. The van der Waals surface area contributed by atoms with E-state index < -0.39 is 4.92 Å². The number of benzene rings is 1. The number of ether oxygens (including phenoxy) is 1. The summed E-state index contributed by atoms with van der Waals surface area (Å²) in [6.07, 6.45) is 2.51. The molecule has 0 amide bonds. The zero-order valence-corrected chi connectivity index (χ0v) is 10.9. The van der Waals surface area contributed by atoms with Crippen molar-refractivity contribution < 1.29 is 9.66 Å². The Kier molecular flexibility index (Phi) is 5.58. The molecule has 0 heterocycles. The standard InChI is InChI=1S/C13H20N2O3/c1-3-4-7-18-13-6-5-11(8-10(2)14)9-12(13)15(16)17/h5-6,9-10H,3-4,7-8,14H2,1-2H3. The van der Waals surface area contributed by atoms with E-state index in [1.54, 1.807) is 12.1 Å². The highest BCUT2D eigenvalue weighted by Crippen LogP contribution is 2.28. The van der Waals surface area contributed by atoms with Crippen LogP contribution < -0.4 is 10.5 Å². The van der Waals surface area contributed by atoms with E-state index in [0.29, 0.717) is 18.8 Å². The maximum atomic E-state index is 11.0. The van der Waals surface area contributed by atoms with Crippen molar-refractivity contribution in [3.8, 4) is 5.75 Å². The first kappa shape index (κ1) is 14.4. The Labute approximate surface area is 107 Å². The smallest absolute Gasteiger partial charge is 0.311 e. The molecule has 1 unspecified atom stereocenters. The number of rotatable bonds is 7. The number of nitrogens with two attached hydrogens (primary N) is 1. The summed E-state index contributed by atoms with van der Waals surface area (Å²) < 4.78 is 5.43. The summed E-state index contributed by atoms with van der Waals surface area (Å²) in [4.78, 5) is 10.6. The number of nitro benzene ring substituents is 1. The summed E-state index contributed by atoms with van der Waals surface area (Å²) in [6.45, 7) is 4.42. The van der Waals surface area contributed by atoms with Crippen LogP contribution in [0.2, 0.25) is 0 Å². The van der Waals surface area contributed by atoms with Crippen LogP contribution in [0.15, 0.2) is 18.2 Å². The molecule has 0 aromatic heterocycles. The molecule has 0 aliphatic heterocycles. The topological polar surface area (TPSA) is 78.4 Å². The van der Waals surface area contributed by atoms with Gasteiger partial charge in [-0.3, -0.25) is 10.1 Å². The molecule has 100 valence electrons. The quantitative estimate of drug-likeness (QED) is 0.459. The highest BCUT2D eigenvalue weighted by molar-refractivity contribution is 5.48. The molecule has 0 bridgehead atoms. The van der Waals surface area contributed by atoms with Crippen LogP contribution in [0.3, 0.4) is 0 Å². The summed E-state index contributed by atoms with van der Waals surface area (Å²) in [7, 11) is 0. The fraction of sp³-hybridized carbons (Fsp3) is 0.538. The van der Waals surface area contributed by atoms with Gasteiger partial charge in [0.15, 0.2) is 5.75 Å². The van der Waals surface area contributed by atoms with Gasteiger partial charge in [-0.15, -0.1) is 0 Å². The van der Waals surface area contributed by atoms with E-state index in [2.05, 4.69) is 0 Å². The Bertz CT molecular complexity index is 405. The Morgan fingerprint density at radius 2 is 2.22 bits per heavy atom. The second-order valence-electron chi connectivity index (χ2n) is 4.44. The highest BCUT2D eigenvalue weighted by atomic mass is 16.6. The van der Waals surface area contributed by atoms with Crippen molar-refractivity contribution >= 4 is 5.69 Å². The largest absolute Gasteiger partial charge is 0.487 e. The Balaban J connectivity index is 2.86. The van der Waals surface area contributed by atoms with E-state index in [4.69, 9.17) is 10.5 Å². The predicted octanol–water partition coefficient (Wildman–Crippen LogP) is 2.66. The van der Waals surface area contributed by atoms with Crippen molar-refractivity contribution in [3.63, 3.8) is 0 Å². The third-order valence-electron chi connectivity index (χ3n) is 2.53. The molecule has 5 nitrogen and oxygen atoms in total. The average Bonchev–Trinajstić information content (AvgIpc) is 2.30. The molecular weight excluding hydrogens is 232 g/mol. The summed E-state index contributed by atoms with van der Waals surface area (Å²) in [5, 5.41) is 11.0. The Morgan fingerprint density at radius 3 is 2.78 bits per heavy atom. The summed E-state index contributed by atoms with van der Waals surface area (Å²) in [6, 6.07) is 5.02. The molecule has 1 aromatic rings. The SMILES string of the molecule is CCCCOc1ccc(CC(C)N)cc1[N+](=O)[O-]. The van der Waals surface area contributed by atoms with Crippen LogP contribution in [0, 0.1) is 10.1 Å². The van der Waals surface area contributed by atoms with Crippen molar-refractivity contribution in [3.05, 3.63) is 33.9 Å². The molecule has 1 atom stereocenters. The minimum Gasteiger partial charge on any atom is -0.487 e. The molecule has 0 radical (unpaired) electrons. The fourth-order valence-electron chi connectivity index (χ4n) is 1.65. The van der Waals surface area contributed by atoms with Gasteiger partial charge in [-0.1, -0.05) is 19.4 Å². The lowest BCUT2D eigenvalue weighted by Gasteiger charge is -2.09. The second-order valence-corrected chi connectivity index (χ2v) is 4.44. The number of unbranched alkanes of at least 4 members (excludes halogenated alkanes) is 1. The third-order valence-corrected chi connectivity index (χ3v) is 2.53. The Morgan fingerprint density at radius 1 is 1.50 bits per heavy atom. The molecule has 5 heteroatoms. The van der Waals surface area contributed by atoms with Crippen LogP contribution in [-0.2, 0) is 6.42 Å². The van der Waals surface area contributed by atoms with Crippen LogP contribution >= 0.6 is 0 Å². The fourth-order valence-corrected chi connectivity index (χ4v) is 1.65. The molecule has 1 aromatic carbocycles. The molecule has 0 saturated carbocycles. The van der Waals surface area contributed by atoms with E-state index >= 15 is 0 Å². The van der Waals surface area contributed by atoms with Gasteiger partial charge in [0.25, 0.3) is 0 Å². The molecule has 0 aliphatic rings. The van der Waals surface area contributed by atoms with E-state index in [0.717, 1.165) is 18.4 Å². The first-order valence-corrected chi connectivity index (χ1v) is 6.20. The number of hydrogen-bond acceptors (Lipinski definition) is 4. The third kappa shape index (κ3) is 4.33. The van der Waals surface area contributed by atoms with Crippen LogP contribution in [0.5, 0.6) is 5.75 Å². The molecule has 1 rings (SSSR count). The van der Waals surface area contributed by atoms with E-state index in [-0.39, 0.29) is 11.7 Å². The molecule has 0 aliphatic carbocycles. The van der Waals surface area contributed by atoms with Gasteiger partial charge in [0.1, 0.15) is 0 Å². The lowest BCUT2D eigenvalue weighted by Crippen LogP contribution is -2.17. The van der Waals surface area contributed by atoms with Crippen molar-refractivity contribution in [1.82, 2.24) is 0 Å². The van der Waals surface area contributed by atoms with E-state index in [1.165, 1.54) is 0 Å². The van der Waals surface area contributed by atoms with E-state index in [9.17, 15) is 10.1 Å². The van der Waals surface area contributed by atoms with Gasteiger partial charge in [-0.05, 0) is 31.4 Å². The van der Waals surface area contributed by atoms with Crippen molar-refractivity contribution in [2.75, 3.05) is 6.61 Å². The normalized spacial score (nSPS) is 12.2. The average molecular weight is 252 g/mol. The van der Waals surface area contributed by atoms with Gasteiger partial charge >= 0.3 is 5.69 Å². The molecule has 0 saturated heterocycles. The summed E-state index contributed by atoms with van der Waals surface area (Å²) >= 11 is 0. The zero-order chi connectivity index (χ0) is 13.5. The molecule has 18 heavy (non-hydrogen) atoms. The highest BCUT2D eigenvalue weighted by Gasteiger charge is 2.16. The summed E-state index contributed by atoms with van der Waals surface area (Å²) in [5.74, 6) is 0.335. The monoisotopic (exact) mass is 252 g/mol. The maximum Gasteiger partial charge on any atom is 0.311 e. The van der Waals surface area contributed by atoms with Crippen LogP contribution in [0.25, 0.3) is 0 Å². The lowest BCUT2D eigenvalue weighted by atomic mass is 10.1. The van der Waals surface area contributed by atoms with Gasteiger partial charge in [-0.25, -0.2) is 0 Å². The number of hydrogen-bond donors (Lipinski definition) is 1. The van der Waals surface area contributed by atoms with Gasteiger partial charge in [0.2, 0.25) is 0 Å². The summed E-state index contributed by atoms with van der Waals surface area (Å²) in [5.41, 5.74) is 6.56. The minimum atomic E-state index is -0.411. The van der Waals surface area contributed by atoms with Gasteiger partial charge in [-0.2, -0.15) is 0 Å². The molecule has 0 fully saturated rings. The van der Waals surface area contributed by atoms with Gasteiger partial charge in [0, 0.05) is 12.1 Å². The molecular formula is C13H20N2O3. The van der Waals surface area contributed by atoms with Gasteiger partial charge in [0.05, 0.1) is 11.5 Å². The zero-order valence-electron chi connectivity index (χ0n) is 10.9. The number of nitro groups is 1. The first-order chi connectivity index (χ1) is 8.54. The first-order valence-electron chi connectivity index (χ1n) is 6.20. The van der Waals surface area contributed by atoms with Crippen LogP contribution in [-0.4, -0.2) is 17.6 Å². The van der Waals surface area contributed by atoms with Gasteiger partial charge < -0.3 is 10.5 Å². The van der Waals surface area contributed by atoms with Crippen LogP contribution in [0.1, 0.15) is 32.3 Å². The molecule has 2 N–H and O–H groups in total.